The van der Waals surface area contributed by atoms with E-state index >= 15 is 0 Å². The Balaban J connectivity index is 1.45. The van der Waals surface area contributed by atoms with Crippen molar-refractivity contribution < 1.29 is 4.79 Å². The fraction of sp³-hybridized carbons (Fsp3) is 0.214. The molecule has 0 fully saturated rings. The number of amides is 1. The lowest BCUT2D eigenvalue weighted by molar-refractivity contribution is -0.118. The molecule has 2 aromatic carbocycles. The van der Waals surface area contributed by atoms with Crippen LogP contribution in [0.2, 0.25) is 0 Å². The van der Waals surface area contributed by atoms with Gasteiger partial charge in [-0.1, -0.05) is 49.4 Å². The molecule has 0 radical (unpaired) electrons. The van der Waals surface area contributed by atoms with Crippen LogP contribution in [0.3, 0.4) is 0 Å². The van der Waals surface area contributed by atoms with E-state index < -0.39 is 6.04 Å². The van der Waals surface area contributed by atoms with Crippen molar-refractivity contribution in [3.05, 3.63) is 102 Å². The molecule has 2 N–H and O–H groups in total. The quantitative estimate of drug-likeness (QED) is 0.367. The lowest BCUT2D eigenvalue weighted by Crippen LogP contribution is -2.35. The topological polar surface area (TPSA) is 95.6 Å². The first-order valence-electron chi connectivity index (χ1n) is 11.7. The molecule has 2 aromatic heterocycles. The van der Waals surface area contributed by atoms with Crippen LogP contribution in [0.4, 0.5) is 5.82 Å². The second kappa shape index (κ2) is 11.2. The molecule has 35 heavy (non-hydrogen) atoms. The number of nitrogens with one attached hydrogen (secondary N) is 2. The van der Waals surface area contributed by atoms with Gasteiger partial charge in [-0.3, -0.25) is 9.48 Å². The summed E-state index contributed by atoms with van der Waals surface area (Å²) in [6, 6.07) is 22.5. The van der Waals surface area contributed by atoms with Gasteiger partial charge in [0.25, 0.3) is 0 Å². The molecule has 0 saturated carbocycles. The maximum absolute atomic E-state index is 13.3. The highest BCUT2D eigenvalue weighted by atomic mass is 16.2. The van der Waals surface area contributed by atoms with Crippen molar-refractivity contribution >= 4 is 11.7 Å². The predicted molar refractivity (Wildman–Crippen MR) is 137 cm³/mol. The third-order valence-corrected chi connectivity index (χ3v) is 5.94. The van der Waals surface area contributed by atoms with Crippen molar-refractivity contribution in [2.75, 3.05) is 11.9 Å². The summed E-state index contributed by atoms with van der Waals surface area (Å²) in [6.45, 7) is 5.52. The number of carbonyl (C=O) groups excluding carboxylic acids is 1. The number of aryl methyl sites for hydroxylation is 1. The highest BCUT2D eigenvalue weighted by Crippen LogP contribution is 2.21. The van der Waals surface area contributed by atoms with E-state index in [1.165, 1.54) is 0 Å². The summed E-state index contributed by atoms with van der Waals surface area (Å²) in [4.78, 5) is 17.7. The number of pyridine rings is 1. The molecule has 176 valence electrons. The molecule has 0 aliphatic rings. The average Bonchev–Trinajstić information content (AvgIpc) is 3.39. The molecule has 2 unspecified atom stereocenters. The molecule has 2 heterocycles. The predicted octanol–water partition coefficient (Wildman–Crippen LogP) is 4.91. The van der Waals surface area contributed by atoms with Crippen LogP contribution in [0.5, 0.6) is 0 Å². The van der Waals surface area contributed by atoms with Gasteiger partial charge in [-0.2, -0.15) is 10.4 Å². The van der Waals surface area contributed by atoms with Gasteiger partial charge in [-0.25, -0.2) is 4.98 Å². The number of nitriles is 1. The Labute approximate surface area is 205 Å². The number of hydrogen-bond acceptors (Lipinski definition) is 5. The number of hydrogen-bond donors (Lipinski definition) is 2. The van der Waals surface area contributed by atoms with E-state index in [1.807, 2.05) is 84.7 Å². The molecule has 2 atom stereocenters. The average molecular weight is 465 g/mol. The highest BCUT2D eigenvalue weighted by molar-refractivity contribution is 5.95. The third kappa shape index (κ3) is 5.99. The molecular weight excluding hydrogens is 436 g/mol. The van der Waals surface area contributed by atoms with E-state index in [2.05, 4.69) is 33.7 Å². The summed E-state index contributed by atoms with van der Waals surface area (Å²) in [5.41, 5.74) is 4.54. The smallest absolute Gasteiger partial charge is 0.247 e. The second-order valence-corrected chi connectivity index (χ2v) is 8.39. The first-order valence-corrected chi connectivity index (χ1v) is 11.7. The van der Waals surface area contributed by atoms with E-state index in [0.717, 1.165) is 28.8 Å². The zero-order valence-corrected chi connectivity index (χ0v) is 19.8. The van der Waals surface area contributed by atoms with Crippen LogP contribution in [-0.2, 0) is 11.3 Å². The molecule has 1 amide bonds. The molecule has 0 aliphatic carbocycles. The first-order chi connectivity index (χ1) is 17.1. The van der Waals surface area contributed by atoms with Gasteiger partial charge >= 0.3 is 0 Å². The summed E-state index contributed by atoms with van der Waals surface area (Å²) < 4.78 is 1.86. The summed E-state index contributed by atoms with van der Waals surface area (Å²) in [6.07, 6.45) is 5.52. The molecule has 0 aliphatic heterocycles. The van der Waals surface area contributed by atoms with Gasteiger partial charge < -0.3 is 10.6 Å². The largest absolute Gasteiger partial charge is 0.309 e. The summed E-state index contributed by atoms with van der Waals surface area (Å²) in [5, 5.41) is 19.7. The van der Waals surface area contributed by atoms with Gasteiger partial charge in [0, 0.05) is 36.6 Å². The second-order valence-electron chi connectivity index (χ2n) is 8.39. The number of aromatic nitrogens is 3. The highest BCUT2D eigenvalue weighted by Gasteiger charge is 2.21. The van der Waals surface area contributed by atoms with Crippen molar-refractivity contribution in [1.29, 1.82) is 5.26 Å². The standard InChI is InChI=1S/C28H28N6O/c1-3-34-19-25(18-32-34)24-13-14-26(30-17-24)33-28(35)27(23-7-5-4-6-8-23)31-16-20(2)22-11-9-21(15-29)10-12-22/h4-14,17-20,27,31H,3,16H2,1-2H3,(H,30,33,35). The molecular formula is C28H28N6O. The van der Waals surface area contributed by atoms with Crippen molar-refractivity contribution in [3.63, 3.8) is 0 Å². The van der Waals surface area contributed by atoms with Crippen molar-refractivity contribution in [2.45, 2.75) is 32.4 Å². The van der Waals surface area contributed by atoms with Crippen molar-refractivity contribution in [1.82, 2.24) is 20.1 Å². The zero-order chi connectivity index (χ0) is 24.6. The number of rotatable bonds is 9. The Morgan fingerprint density at radius 2 is 1.77 bits per heavy atom. The van der Waals surface area contributed by atoms with Gasteiger partial charge in [-0.05, 0) is 48.2 Å². The fourth-order valence-electron chi connectivity index (χ4n) is 3.83. The number of carbonyl (C=O) groups is 1. The lowest BCUT2D eigenvalue weighted by Gasteiger charge is -2.21. The van der Waals surface area contributed by atoms with Crippen molar-refractivity contribution in [3.8, 4) is 17.2 Å². The molecule has 4 aromatic rings. The van der Waals surface area contributed by atoms with Gasteiger partial charge in [0.05, 0.1) is 17.8 Å². The van der Waals surface area contributed by atoms with Crippen LogP contribution in [0, 0.1) is 11.3 Å². The van der Waals surface area contributed by atoms with Crippen LogP contribution in [0.15, 0.2) is 85.3 Å². The molecule has 0 bridgehead atoms. The van der Waals surface area contributed by atoms with Crippen LogP contribution in [0.25, 0.3) is 11.1 Å². The minimum atomic E-state index is -0.540. The van der Waals surface area contributed by atoms with Crippen LogP contribution in [-0.4, -0.2) is 27.2 Å². The Kier molecular flexibility index (Phi) is 7.66. The first kappa shape index (κ1) is 23.9. The Morgan fingerprint density at radius 3 is 2.40 bits per heavy atom. The SMILES string of the molecule is CCn1cc(-c2ccc(NC(=O)C(NCC(C)c3ccc(C#N)cc3)c3ccccc3)nc2)cn1. The lowest BCUT2D eigenvalue weighted by atomic mass is 9.98. The van der Waals surface area contributed by atoms with Crippen LogP contribution in [0.1, 0.15) is 42.5 Å². The maximum Gasteiger partial charge on any atom is 0.247 e. The molecule has 0 saturated heterocycles. The van der Waals surface area contributed by atoms with E-state index in [0.29, 0.717) is 17.9 Å². The maximum atomic E-state index is 13.3. The summed E-state index contributed by atoms with van der Waals surface area (Å²) >= 11 is 0. The van der Waals surface area contributed by atoms with Gasteiger partial charge in [0.1, 0.15) is 11.9 Å². The monoisotopic (exact) mass is 464 g/mol. The van der Waals surface area contributed by atoms with Gasteiger partial charge in [0.2, 0.25) is 5.91 Å². The summed E-state index contributed by atoms with van der Waals surface area (Å²) in [7, 11) is 0. The Bertz CT molecular complexity index is 1290. The van der Waals surface area contributed by atoms with Crippen LogP contribution < -0.4 is 10.6 Å². The molecule has 7 nitrogen and oxygen atoms in total. The minimum absolute atomic E-state index is 0.156. The zero-order valence-electron chi connectivity index (χ0n) is 19.8. The van der Waals surface area contributed by atoms with E-state index in [-0.39, 0.29) is 11.8 Å². The normalized spacial score (nSPS) is 12.5. The fourth-order valence-corrected chi connectivity index (χ4v) is 3.83. The molecule has 4 rings (SSSR count). The van der Waals surface area contributed by atoms with Crippen molar-refractivity contribution in [2.24, 2.45) is 0 Å². The molecule has 0 spiro atoms. The summed E-state index contributed by atoms with van der Waals surface area (Å²) in [5.74, 6) is 0.468. The van der Waals surface area contributed by atoms with Gasteiger partial charge in [-0.15, -0.1) is 0 Å². The Morgan fingerprint density at radius 1 is 1.00 bits per heavy atom. The minimum Gasteiger partial charge on any atom is -0.309 e. The number of anilines is 1. The third-order valence-electron chi connectivity index (χ3n) is 5.94. The van der Waals surface area contributed by atoms with E-state index in [1.54, 1.807) is 12.3 Å². The van der Waals surface area contributed by atoms with Crippen LogP contribution >= 0.6 is 0 Å². The number of benzene rings is 2. The Hall–Kier alpha value is -4.28. The van der Waals surface area contributed by atoms with E-state index in [9.17, 15) is 4.79 Å². The molecule has 7 heteroatoms. The number of nitrogens with zero attached hydrogens (tertiary/aromatic N) is 4. The van der Waals surface area contributed by atoms with E-state index in [4.69, 9.17) is 5.26 Å². The van der Waals surface area contributed by atoms with Gasteiger partial charge in [0.15, 0.2) is 0 Å².